The van der Waals surface area contributed by atoms with Gasteiger partial charge in [0.15, 0.2) is 5.78 Å². The number of rotatable bonds is 7. The van der Waals surface area contributed by atoms with Crippen LogP contribution in [0, 0.1) is 0 Å². The number of urea groups is 1. The number of nitrogens with one attached hydrogen (secondary N) is 2. The molecule has 8 heteroatoms. The Hall–Kier alpha value is -3.94. The van der Waals surface area contributed by atoms with E-state index in [1.807, 2.05) is 6.07 Å². The Kier molecular flexibility index (Phi) is 6.59. The Labute approximate surface area is 172 Å². The van der Waals surface area contributed by atoms with Crippen LogP contribution < -0.4 is 10.6 Å². The number of hydrogen-bond acceptors (Lipinski definition) is 6. The van der Waals surface area contributed by atoms with Crippen LogP contribution in [0.4, 0.5) is 4.79 Å². The summed E-state index contributed by atoms with van der Waals surface area (Å²) in [6, 6.07) is 14.4. The van der Waals surface area contributed by atoms with Crippen LogP contribution in [0.3, 0.4) is 0 Å². The number of carbonyl (C=O) groups is 4. The highest BCUT2D eigenvalue weighted by atomic mass is 16.5. The number of ether oxygens (including phenoxy) is 2. The summed E-state index contributed by atoms with van der Waals surface area (Å²) in [7, 11) is 0. The van der Waals surface area contributed by atoms with Gasteiger partial charge in [-0.3, -0.25) is 4.79 Å². The number of esters is 2. The van der Waals surface area contributed by atoms with Crippen molar-refractivity contribution >= 4 is 23.8 Å². The molecule has 0 unspecified atom stereocenters. The molecule has 2 amide bonds. The van der Waals surface area contributed by atoms with Gasteiger partial charge in [0.25, 0.3) is 0 Å². The fraction of sp³-hybridized carbons (Fsp3) is 0.182. The van der Waals surface area contributed by atoms with Crippen LogP contribution in [0.2, 0.25) is 0 Å². The molecular formula is C22H20N2O6. The minimum atomic E-state index is -0.655. The Morgan fingerprint density at radius 1 is 0.867 bits per heavy atom. The molecule has 0 saturated carbocycles. The maximum absolute atomic E-state index is 12.4. The van der Waals surface area contributed by atoms with E-state index in [0.717, 1.165) is 0 Å². The highest BCUT2D eigenvalue weighted by molar-refractivity contribution is 6.09. The van der Waals surface area contributed by atoms with Gasteiger partial charge in [-0.1, -0.05) is 42.5 Å². The van der Waals surface area contributed by atoms with E-state index < -0.39 is 18.0 Å². The summed E-state index contributed by atoms with van der Waals surface area (Å²) in [4.78, 5) is 48.3. The number of amides is 2. The van der Waals surface area contributed by atoms with Gasteiger partial charge in [0.05, 0.1) is 30.0 Å². The minimum absolute atomic E-state index is 0.0200. The van der Waals surface area contributed by atoms with Crippen LogP contribution in [-0.2, 0) is 14.3 Å². The van der Waals surface area contributed by atoms with E-state index in [1.165, 1.54) is 12.1 Å². The topological polar surface area (TPSA) is 111 Å². The Morgan fingerprint density at radius 2 is 1.50 bits per heavy atom. The van der Waals surface area contributed by atoms with Crippen LogP contribution in [0.1, 0.15) is 33.2 Å². The predicted octanol–water partition coefficient (Wildman–Crippen LogP) is 2.20. The maximum atomic E-state index is 12.4. The molecule has 8 nitrogen and oxygen atoms in total. The first-order chi connectivity index (χ1) is 14.5. The quantitative estimate of drug-likeness (QED) is 0.537. The first-order valence-corrected chi connectivity index (χ1v) is 9.30. The Morgan fingerprint density at radius 3 is 2.17 bits per heavy atom. The molecule has 0 fully saturated rings. The second kappa shape index (κ2) is 9.51. The Bertz CT molecular complexity index is 996. The highest BCUT2D eigenvalue weighted by Crippen LogP contribution is 2.13. The first-order valence-electron chi connectivity index (χ1n) is 9.30. The summed E-state index contributed by atoms with van der Waals surface area (Å²) in [5, 5.41) is 4.93. The molecule has 2 aromatic rings. The molecule has 1 heterocycles. The monoisotopic (exact) mass is 408 g/mol. The van der Waals surface area contributed by atoms with Crippen molar-refractivity contribution in [3.63, 3.8) is 0 Å². The summed E-state index contributed by atoms with van der Waals surface area (Å²) in [5.41, 5.74) is 1.58. The van der Waals surface area contributed by atoms with Crippen molar-refractivity contribution in [3.8, 4) is 0 Å². The van der Waals surface area contributed by atoms with Crippen molar-refractivity contribution in [3.05, 3.63) is 82.6 Å². The molecule has 1 aliphatic rings. The normalized spacial score (nSPS) is 13.2. The lowest BCUT2D eigenvalue weighted by atomic mass is 10.0. The smallest absolute Gasteiger partial charge is 0.338 e. The molecule has 1 aliphatic heterocycles. The molecule has 0 atom stereocenters. The van der Waals surface area contributed by atoms with Crippen LogP contribution >= 0.6 is 0 Å². The summed E-state index contributed by atoms with van der Waals surface area (Å²) < 4.78 is 10.2. The van der Waals surface area contributed by atoms with Crippen molar-refractivity contribution in [2.75, 3.05) is 19.8 Å². The second-order valence-electron chi connectivity index (χ2n) is 6.33. The molecule has 0 saturated heterocycles. The summed E-state index contributed by atoms with van der Waals surface area (Å²) in [6.45, 7) is 1.52. The zero-order valence-electron chi connectivity index (χ0n) is 16.3. The van der Waals surface area contributed by atoms with Crippen molar-refractivity contribution in [1.29, 1.82) is 0 Å². The van der Waals surface area contributed by atoms with Crippen molar-refractivity contribution in [1.82, 2.24) is 10.6 Å². The van der Waals surface area contributed by atoms with E-state index in [2.05, 4.69) is 10.6 Å². The largest absolute Gasteiger partial charge is 0.463 e. The average molecular weight is 408 g/mol. The van der Waals surface area contributed by atoms with Gasteiger partial charge in [-0.05, 0) is 19.1 Å². The lowest BCUT2D eigenvalue weighted by Gasteiger charge is -2.21. The third-order valence-corrected chi connectivity index (χ3v) is 4.34. The standard InChI is InChI=1S/C22H20N2O6/c1-2-29-21(27)17-12-23-22(28)24-18(17)13-30-20(26)16-10-8-15(9-11-16)19(25)14-6-4-3-5-7-14/h3-11H,2,12-13H2,1H3,(H2,23,24,28). The molecule has 0 aliphatic carbocycles. The fourth-order valence-electron chi connectivity index (χ4n) is 2.80. The molecule has 0 aromatic heterocycles. The van der Waals surface area contributed by atoms with Gasteiger partial charge >= 0.3 is 18.0 Å². The summed E-state index contributed by atoms with van der Waals surface area (Å²) in [6.07, 6.45) is 0. The van der Waals surface area contributed by atoms with Crippen molar-refractivity contribution in [2.45, 2.75) is 6.92 Å². The summed E-state index contributed by atoms with van der Waals surface area (Å²) in [5.74, 6) is -1.41. The molecule has 30 heavy (non-hydrogen) atoms. The zero-order chi connectivity index (χ0) is 21.5. The minimum Gasteiger partial charge on any atom is -0.463 e. The van der Waals surface area contributed by atoms with Crippen LogP contribution in [0.5, 0.6) is 0 Å². The average Bonchev–Trinajstić information content (AvgIpc) is 2.78. The van der Waals surface area contributed by atoms with Gasteiger partial charge < -0.3 is 20.1 Å². The number of carbonyl (C=O) groups excluding carboxylic acids is 4. The number of hydrogen-bond donors (Lipinski definition) is 2. The molecule has 0 bridgehead atoms. The molecular weight excluding hydrogens is 388 g/mol. The van der Waals surface area contributed by atoms with Crippen LogP contribution in [0.25, 0.3) is 0 Å². The second-order valence-corrected chi connectivity index (χ2v) is 6.33. The molecule has 0 spiro atoms. The van der Waals surface area contributed by atoms with Gasteiger partial charge in [-0.25, -0.2) is 14.4 Å². The summed E-state index contributed by atoms with van der Waals surface area (Å²) >= 11 is 0. The lowest BCUT2D eigenvalue weighted by molar-refractivity contribution is -0.138. The van der Waals surface area contributed by atoms with Crippen molar-refractivity contribution < 1.29 is 28.7 Å². The van der Waals surface area contributed by atoms with E-state index in [0.29, 0.717) is 11.1 Å². The Balaban J connectivity index is 1.67. The third kappa shape index (κ3) is 4.91. The molecule has 3 rings (SSSR count). The SMILES string of the molecule is CCOC(=O)C1=C(COC(=O)c2ccc(C(=O)c3ccccc3)cc2)NC(=O)NC1. The van der Waals surface area contributed by atoms with E-state index in [-0.39, 0.29) is 42.4 Å². The first kappa shape index (κ1) is 20.8. The predicted molar refractivity (Wildman–Crippen MR) is 107 cm³/mol. The lowest BCUT2D eigenvalue weighted by Crippen LogP contribution is -2.45. The van der Waals surface area contributed by atoms with Gasteiger partial charge in [0, 0.05) is 11.1 Å². The molecule has 154 valence electrons. The number of ketones is 1. The molecule has 0 radical (unpaired) electrons. The maximum Gasteiger partial charge on any atom is 0.338 e. The van der Waals surface area contributed by atoms with Gasteiger partial charge in [0.1, 0.15) is 6.61 Å². The van der Waals surface area contributed by atoms with Crippen LogP contribution in [0.15, 0.2) is 65.9 Å². The molecule has 2 aromatic carbocycles. The van der Waals surface area contributed by atoms with E-state index >= 15 is 0 Å². The van der Waals surface area contributed by atoms with Crippen molar-refractivity contribution in [2.24, 2.45) is 0 Å². The van der Waals surface area contributed by atoms with E-state index in [4.69, 9.17) is 9.47 Å². The van der Waals surface area contributed by atoms with Crippen LogP contribution in [-0.4, -0.2) is 43.5 Å². The highest BCUT2D eigenvalue weighted by Gasteiger charge is 2.24. The molecule has 2 N–H and O–H groups in total. The third-order valence-electron chi connectivity index (χ3n) is 4.34. The van der Waals surface area contributed by atoms with E-state index in [9.17, 15) is 19.2 Å². The van der Waals surface area contributed by atoms with Gasteiger partial charge in [-0.15, -0.1) is 0 Å². The fourth-order valence-corrected chi connectivity index (χ4v) is 2.80. The van der Waals surface area contributed by atoms with Gasteiger partial charge in [0.2, 0.25) is 0 Å². The number of benzene rings is 2. The van der Waals surface area contributed by atoms with Gasteiger partial charge in [-0.2, -0.15) is 0 Å². The van der Waals surface area contributed by atoms with E-state index in [1.54, 1.807) is 43.3 Å². The zero-order valence-corrected chi connectivity index (χ0v) is 16.3.